The average molecular weight is 388 g/mol. The van der Waals surface area contributed by atoms with E-state index in [2.05, 4.69) is 24.1 Å². The van der Waals surface area contributed by atoms with Crippen LogP contribution in [0.15, 0.2) is 35.1 Å². The molecule has 2 heterocycles. The molecule has 0 saturated carbocycles. The summed E-state index contributed by atoms with van der Waals surface area (Å²) in [7, 11) is 0. The summed E-state index contributed by atoms with van der Waals surface area (Å²) in [6.07, 6.45) is 0.853. The topological polar surface area (TPSA) is 66.9 Å². The second-order valence-electron chi connectivity index (χ2n) is 6.42. The van der Waals surface area contributed by atoms with Gasteiger partial charge in [-0.2, -0.15) is 0 Å². The average Bonchev–Trinajstić information content (AvgIpc) is 3.02. The number of hydrogen-bond acceptors (Lipinski definition) is 4. The molecule has 1 aromatic carbocycles. The third kappa shape index (κ3) is 3.64. The predicted octanol–water partition coefficient (Wildman–Crippen LogP) is 4.45. The Morgan fingerprint density at radius 2 is 2.08 bits per heavy atom. The third-order valence-electron chi connectivity index (χ3n) is 4.23. The van der Waals surface area contributed by atoms with Crippen molar-refractivity contribution < 1.29 is 4.79 Å². The molecule has 136 valence electrons. The van der Waals surface area contributed by atoms with Gasteiger partial charge in [0.25, 0.3) is 5.56 Å². The van der Waals surface area contributed by atoms with E-state index in [9.17, 15) is 9.59 Å². The zero-order valence-corrected chi connectivity index (χ0v) is 16.6. The molecule has 1 amide bonds. The fourth-order valence-corrected chi connectivity index (χ4v) is 4.16. The number of carbonyl (C=O) groups excluding carboxylic acids is 1. The van der Waals surface area contributed by atoms with Crippen molar-refractivity contribution in [3.63, 3.8) is 0 Å². The van der Waals surface area contributed by atoms with E-state index in [1.165, 1.54) is 15.9 Å². The first-order valence-electron chi connectivity index (χ1n) is 8.55. The summed E-state index contributed by atoms with van der Waals surface area (Å²) in [5, 5.41) is 3.48. The molecular formula is C19H21N3O2S2. The lowest BCUT2D eigenvalue weighted by atomic mass is 10.0. The van der Waals surface area contributed by atoms with Crippen molar-refractivity contribution in [1.82, 2.24) is 9.55 Å². The van der Waals surface area contributed by atoms with Crippen molar-refractivity contribution in [2.75, 3.05) is 5.32 Å². The highest BCUT2D eigenvalue weighted by molar-refractivity contribution is 7.71. The van der Waals surface area contributed by atoms with E-state index in [4.69, 9.17) is 12.2 Å². The Hall–Kier alpha value is -2.25. The van der Waals surface area contributed by atoms with Gasteiger partial charge >= 0.3 is 0 Å². The molecule has 0 aliphatic heterocycles. The van der Waals surface area contributed by atoms with E-state index in [0.29, 0.717) is 5.39 Å². The van der Waals surface area contributed by atoms with Crippen LogP contribution in [0.5, 0.6) is 0 Å². The van der Waals surface area contributed by atoms with Gasteiger partial charge in [-0.05, 0) is 42.3 Å². The minimum Gasteiger partial charge on any atom is -0.324 e. The molecule has 0 bridgehead atoms. The van der Waals surface area contributed by atoms with Gasteiger partial charge in [-0.3, -0.25) is 14.2 Å². The first kappa shape index (κ1) is 18.5. The van der Waals surface area contributed by atoms with Crippen molar-refractivity contribution >= 4 is 45.4 Å². The molecule has 0 saturated heterocycles. The first-order chi connectivity index (χ1) is 12.4. The molecule has 0 aliphatic rings. The van der Waals surface area contributed by atoms with Crippen molar-refractivity contribution in [2.45, 2.75) is 39.7 Å². The van der Waals surface area contributed by atoms with Gasteiger partial charge in [0, 0.05) is 10.6 Å². The van der Waals surface area contributed by atoms with Gasteiger partial charge in [-0.1, -0.05) is 39.0 Å². The predicted molar refractivity (Wildman–Crippen MR) is 110 cm³/mol. The Labute approximate surface area is 160 Å². The van der Waals surface area contributed by atoms with E-state index < -0.39 is 0 Å². The summed E-state index contributed by atoms with van der Waals surface area (Å²) >= 11 is 6.82. The van der Waals surface area contributed by atoms with Crippen LogP contribution < -0.4 is 10.9 Å². The van der Waals surface area contributed by atoms with Crippen molar-refractivity contribution in [2.24, 2.45) is 0 Å². The number of H-pyrrole nitrogens is 1. The summed E-state index contributed by atoms with van der Waals surface area (Å²) in [4.78, 5) is 30.2. The van der Waals surface area contributed by atoms with Crippen LogP contribution in [0.3, 0.4) is 0 Å². The minimum atomic E-state index is -0.273. The summed E-state index contributed by atoms with van der Waals surface area (Å²) in [6, 6.07) is 9.55. The van der Waals surface area contributed by atoms with Crippen LogP contribution >= 0.6 is 23.6 Å². The molecule has 0 radical (unpaired) electrons. The number of carbonyl (C=O) groups is 1. The van der Waals surface area contributed by atoms with E-state index in [1.54, 1.807) is 0 Å². The molecule has 5 nitrogen and oxygen atoms in total. The number of nitrogens with one attached hydrogen (secondary N) is 2. The second-order valence-corrected chi connectivity index (χ2v) is 7.94. The van der Waals surface area contributed by atoms with Gasteiger partial charge in [0.05, 0.1) is 5.39 Å². The highest BCUT2D eigenvalue weighted by Crippen LogP contribution is 2.24. The number of fused-ring (bicyclic) bond motifs is 1. The number of benzene rings is 1. The Morgan fingerprint density at radius 1 is 1.35 bits per heavy atom. The highest BCUT2D eigenvalue weighted by atomic mass is 32.1. The number of hydrogen-bond donors (Lipinski definition) is 2. The molecule has 7 heteroatoms. The number of aryl methyl sites for hydroxylation is 1. The van der Waals surface area contributed by atoms with Crippen LogP contribution in [0.2, 0.25) is 0 Å². The number of thiophene rings is 1. The maximum Gasteiger partial charge on any atom is 0.263 e. The number of amides is 1. The normalized spacial score (nSPS) is 11.2. The molecule has 0 atom stereocenters. The first-order valence-corrected chi connectivity index (χ1v) is 9.77. The smallest absolute Gasteiger partial charge is 0.263 e. The zero-order valence-electron chi connectivity index (χ0n) is 15.0. The van der Waals surface area contributed by atoms with Gasteiger partial charge in [-0.15, -0.1) is 11.3 Å². The summed E-state index contributed by atoms with van der Waals surface area (Å²) in [5.74, 6) is 0.0108. The number of aromatic amines is 1. The van der Waals surface area contributed by atoms with E-state index >= 15 is 0 Å². The van der Waals surface area contributed by atoms with Gasteiger partial charge in [0.15, 0.2) is 4.77 Å². The minimum absolute atomic E-state index is 0.117. The number of anilines is 1. The lowest BCUT2D eigenvalue weighted by Gasteiger charge is -2.14. The Morgan fingerprint density at radius 3 is 2.77 bits per heavy atom. The lowest BCUT2D eigenvalue weighted by Crippen LogP contribution is -2.29. The van der Waals surface area contributed by atoms with E-state index in [0.717, 1.165) is 27.4 Å². The standard InChI is InChI=1S/C19H21N3O2S2/c1-4-12-9-14-17(26-12)21-19(25)22(18(14)24)10-16(23)20-15-8-6-5-7-13(15)11(2)3/h5-9,11H,4,10H2,1-3H3,(H,20,23)(H,21,25). The molecule has 2 aromatic heterocycles. The number of para-hydroxylation sites is 1. The highest BCUT2D eigenvalue weighted by Gasteiger charge is 2.14. The van der Waals surface area contributed by atoms with Crippen LogP contribution in [0.4, 0.5) is 5.69 Å². The molecule has 3 aromatic rings. The van der Waals surface area contributed by atoms with Crippen LogP contribution in [-0.2, 0) is 17.8 Å². The van der Waals surface area contributed by atoms with Crippen LogP contribution in [-0.4, -0.2) is 15.5 Å². The maximum atomic E-state index is 12.7. The molecule has 0 unspecified atom stereocenters. The van der Waals surface area contributed by atoms with E-state index in [-0.39, 0.29) is 28.7 Å². The fourth-order valence-electron chi connectivity index (χ4n) is 2.86. The number of rotatable bonds is 5. The van der Waals surface area contributed by atoms with Gasteiger partial charge in [0.2, 0.25) is 5.91 Å². The second kappa shape index (κ2) is 7.55. The van der Waals surface area contributed by atoms with Crippen LogP contribution in [0, 0.1) is 4.77 Å². The molecule has 2 N–H and O–H groups in total. The quantitative estimate of drug-likeness (QED) is 0.636. The fraction of sp³-hybridized carbons (Fsp3) is 0.316. The summed E-state index contributed by atoms with van der Waals surface area (Å²) in [6.45, 7) is 6.06. The molecule has 3 rings (SSSR count). The molecule has 0 aliphatic carbocycles. The molecule has 0 fully saturated rings. The monoisotopic (exact) mass is 387 g/mol. The van der Waals surface area contributed by atoms with Crippen LogP contribution in [0.25, 0.3) is 10.2 Å². The lowest BCUT2D eigenvalue weighted by molar-refractivity contribution is -0.116. The van der Waals surface area contributed by atoms with Gasteiger partial charge < -0.3 is 10.3 Å². The summed E-state index contributed by atoms with van der Waals surface area (Å²) < 4.78 is 1.58. The van der Waals surface area contributed by atoms with Gasteiger partial charge in [-0.25, -0.2) is 0 Å². The van der Waals surface area contributed by atoms with Crippen molar-refractivity contribution in [3.05, 3.63) is 55.9 Å². The van der Waals surface area contributed by atoms with E-state index in [1.807, 2.05) is 37.3 Å². The molecule has 0 spiro atoms. The Kier molecular flexibility index (Phi) is 5.38. The number of aromatic nitrogens is 2. The zero-order chi connectivity index (χ0) is 18.8. The van der Waals surface area contributed by atoms with Crippen molar-refractivity contribution in [3.8, 4) is 0 Å². The van der Waals surface area contributed by atoms with Gasteiger partial charge in [0.1, 0.15) is 11.4 Å². The maximum absolute atomic E-state index is 12.7. The third-order valence-corrected chi connectivity index (χ3v) is 5.75. The molecule has 26 heavy (non-hydrogen) atoms. The number of nitrogens with zero attached hydrogens (tertiary/aromatic N) is 1. The molecular weight excluding hydrogens is 366 g/mol. The summed E-state index contributed by atoms with van der Waals surface area (Å²) in [5.41, 5.74) is 1.59. The Balaban J connectivity index is 1.91. The van der Waals surface area contributed by atoms with Crippen LogP contribution in [0.1, 0.15) is 37.1 Å². The van der Waals surface area contributed by atoms with Crippen molar-refractivity contribution in [1.29, 1.82) is 0 Å². The SMILES string of the molecule is CCc1cc2c(=O)n(CC(=O)Nc3ccccc3C(C)C)c(=S)[nH]c2s1. The Bertz CT molecular complexity index is 1080. The largest absolute Gasteiger partial charge is 0.324 e.